The second-order valence-corrected chi connectivity index (χ2v) is 5.21. The zero-order valence-electron chi connectivity index (χ0n) is 10.6. The Morgan fingerprint density at radius 3 is 2.67 bits per heavy atom. The number of hydrogen-bond donors (Lipinski definition) is 0. The van der Waals surface area contributed by atoms with E-state index in [1.165, 1.54) is 18.2 Å². The summed E-state index contributed by atoms with van der Waals surface area (Å²) in [5.41, 5.74) is -0.605. The number of nitriles is 1. The van der Waals surface area contributed by atoms with Crippen molar-refractivity contribution in [3.05, 3.63) is 34.6 Å². The zero-order valence-corrected chi connectivity index (χ0v) is 11.4. The van der Waals surface area contributed by atoms with E-state index in [0.717, 1.165) is 0 Å². The highest BCUT2D eigenvalue weighted by Gasteiger charge is 2.34. The number of carbonyl (C=O) groups excluding carboxylic acids is 1. The molecule has 2 nitrogen and oxygen atoms in total. The molecule has 1 unspecified atom stereocenters. The normalized spacial score (nSPS) is 12.9. The largest absolute Gasteiger partial charge is 0.297 e. The summed E-state index contributed by atoms with van der Waals surface area (Å²) in [5.74, 6) is -2.08. The predicted molar refractivity (Wildman–Crippen MR) is 68.8 cm³/mol. The van der Waals surface area contributed by atoms with Gasteiger partial charge in [0.15, 0.2) is 5.78 Å². The summed E-state index contributed by atoms with van der Waals surface area (Å²) >= 11 is 5.67. The second-order valence-electron chi connectivity index (χ2n) is 4.81. The molecule has 0 bridgehead atoms. The zero-order chi connectivity index (χ0) is 13.9. The van der Waals surface area contributed by atoms with Gasteiger partial charge in [-0.15, -0.1) is 0 Å². The lowest BCUT2D eigenvalue weighted by Crippen LogP contribution is -2.29. The van der Waals surface area contributed by atoms with Gasteiger partial charge in [-0.2, -0.15) is 5.26 Å². The first kappa shape index (κ1) is 14.7. The van der Waals surface area contributed by atoms with Gasteiger partial charge in [-0.1, -0.05) is 44.5 Å². The van der Waals surface area contributed by atoms with E-state index in [-0.39, 0.29) is 16.4 Å². The third-order valence-corrected chi connectivity index (χ3v) is 3.53. The smallest absolute Gasteiger partial charge is 0.160 e. The van der Waals surface area contributed by atoms with Crippen molar-refractivity contribution in [3.63, 3.8) is 0 Å². The van der Waals surface area contributed by atoms with Crippen LogP contribution in [0.1, 0.15) is 38.7 Å². The van der Waals surface area contributed by atoms with Crippen molar-refractivity contribution >= 4 is 17.4 Å². The molecule has 96 valence electrons. The number of ketones is 1. The van der Waals surface area contributed by atoms with E-state index >= 15 is 0 Å². The topological polar surface area (TPSA) is 40.9 Å². The molecule has 0 saturated carbocycles. The molecular formula is C14H15ClFNO. The molecule has 0 aliphatic rings. The Kier molecular flexibility index (Phi) is 4.48. The van der Waals surface area contributed by atoms with Gasteiger partial charge in [-0.25, -0.2) is 4.39 Å². The first-order valence-electron chi connectivity index (χ1n) is 5.73. The third-order valence-electron chi connectivity index (χ3n) is 3.23. The van der Waals surface area contributed by atoms with Crippen LogP contribution in [0.25, 0.3) is 0 Å². The van der Waals surface area contributed by atoms with Crippen molar-refractivity contribution in [2.75, 3.05) is 0 Å². The highest BCUT2D eigenvalue weighted by atomic mass is 35.5. The highest BCUT2D eigenvalue weighted by Crippen LogP contribution is 2.32. The molecule has 18 heavy (non-hydrogen) atoms. The molecule has 0 aromatic heterocycles. The van der Waals surface area contributed by atoms with E-state index in [2.05, 4.69) is 0 Å². The molecule has 1 atom stereocenters. The monoisotopic (exact) mass is 267 g/mol. The highest BCUT2D eigenvalue weighted by molar-refractivity contribution is 6.30. The Morgan fingerprint density at radius 2 is 2.17 bits per heavy atom. The Morgan fingerprint density at radius 1 is 1.56 bits per heavy atom. The van der Waals surface area contributed by atoms with E-state index in [1.807, 2.05) is 13.0 Å². The van der Waals surface area contributed by atoms with Crippen LogP contribution in [-0.4, -0.2) is 5.78 Å². The summed E-state index contributed by atoms with van der Waals surface area (Å²) in [5, 5.41) is 9.07. The van der Waals surface area contributed by atoms with Crippen LogP contribution in [0.3, 0.4) is 0 Å². The number of halogens is 2. The lowest BCUT2D eigenvalue weighted by atomic mass is 9.77. The van der Waals surface area contributed by atoms with Crippen LogP contribution in [0.15, 0.2) is 18.2 Å². The molecule has 0 radical (unpaired) electrons. The van der Waals surface area contributed by atoms with Crippen LogP contribution in [0.5, 0.6) is 0 Å². The maximum atomic E-state index is 13.9. The average Bonchev–Trinajstić information content (AvgIpc) is 2.35. The van der Waals surface area contributed by atoms with Gasteiger partial charge >= 0.3 is 0 Å². The molecule has 1 aromatic carbocycles. The van der Waals surface area contributed by atoms with Gasteiger partial charge in [0, 0.05) is 11.0 Å². The molecule has 0 N–H and O–H groups in total. The van der Waals surface area contributed by atoms with Crippen LogP contribution in [0.2, 0.25) is 5.02 Å². The number of Topliss-reactive ketones (excluding diaryl/α,β-unsaturated/α-hetero) is 1. The molecular weight excluding hydrogens is 253 g/mol. The summed E-state index contributed by atoms with van der Waals surface area (Å²) in [6, 6.07) is 6.24. The molecule has 0 saturated heterocycles. The summed E-state index contributed by atoms with van der Waals surface area (Å²) < 4.78 is 13.9. The number of hydrogen-bond acceptors (Lipinski definition) is 2. The van der Waals surface area contributed by atoms with Crippen molar-refractivity contribution in [2.24, 2.45) is 5.41 Å². The van der Waals surface area contributed by atoms with Crippen LogP contribution in [-0.2, 0) is 4.79 Å². The predicted octanol–water partition coefficient (Wildman–Crippen LogP) is 4.09. The van der Waals surface area contributed by atoms with Gasteiger partial charge in [0.1, 0.15) is 11.7 Å². The van der Waals surface area contributed by atoms with Gasteiger partial charge in [0.25, 0.3) is 0 Å². The van der Waals surface area contributed by atoms with Crippen molar-refractivity contribution in [1.29, 1.82) is 5.26 Å². The number of nitrogens with zero attached hydrogens (tertiary/aromatic N) is 1. The Labute approximate surface area is 111 Å². The van der Waals surface area contributed by atoms with Gasteiger partial charge in [0.05, 0.1) is 11.1 Å². The SMILES string of the molecule is CCC(C)(C)C(=O)C(C#N)c1cccc(Cl)c1F. The summed E-state index contributed by atoms with van der Waals surface area (Å²) in [6.45, 7) is 5.37. The summed E-state index contributed by atoms with van der Waals surface area (Å²) in [7, 11) is 0. The fraction of sp³-hybridized carbons (Fsp3) is 0.429. The lowest BCUT2D eigenvalue weighted by Gasteiger charge is -2.24. The van der Waals surface area contributed by atoms with Gasteiger partial charge in [0.2, 0.25) is 0 Å². The average molecular weight is 268 g/mol. The lowest BCUT2D eigenvalue weighted by molar-refractivity contribution is -0.127. The minimum Gasteiger partial charge on any atom is -0.297 e. The Balaban J connectivity index is 3.24. The molecule has 0 aliphatic carbocycles. The fourth-order valence-electron chi connectivity index (χ4n) is 1.58. The van der Waals surface area contributed by atoms with Gasteiger partial charge < -0.3 is 0 Å². The molecule has 0 aliphatic heterocycles. The molecule has 4 heteroatoms. The third kappa shape index (κ3) is 2.70. The Hall–Kier alpha value is -1.40. The molecule has 1 aromatic rings. The maximum absolute atomic E-state index is 13.9. The summed E-state index contributed by atoms with van der Waals surface area (Å²) in [6.07, 6.45) is 0.589. The standard InChI is InChI=1S/C14H15ClFNO/c1-4-14(2,3)13(18)10(8-17)9-6-5-7-11(15)12(9)16/h5-7,10H,4H2,1-3H3. The quantitative estimate of drug-likeness (QED) is 0.824. The maximum Gasteiger partial charge on any atom is 0.160 e. The Bertz CT molecular complexity index is 505. The van der Waals surface area contributed by atoms with E-state index in [1.54, 1.807) is 13.8 Å². The van der Waals surface area contributed by atoms with Crippen LogP contribution >= 0.6 is 11.6 Å². The second kappa shape index (κ2) is 5.49. The van der Waals surface area contributed by atoms with E-state index in [9.17, 15) is 9.18 Å². The van der Waals surface area contributed by atoms with Crippen molar-refractivity contribution < 1.29 is 9.18 Å². The van der Waals surface area contributed by atoms with E-state index in [0.29, 0.717) is 6.42 Å². The molecule has 0 spiro atoms. The fourth-order valence-corrected chi connectivity index (χ4v) is 1.76. The van der Waals surface area contributed by atoms with Gasteiger partial charge in [-0.05, 0) is 12.5 Å². The number of benzene rings is 1. The molecule has 0 amide bonds. The first-order valence-corrected chi connectivity index (χ1v) is 6.10. The minimum absolute atomic E-state index is 0.0523. The van der Waals surface area contributed by atoms with Crippen molar-refractivity contribution in [2.45, 2.75) is 33.1 Å². The first-order chi connectivity index (χ1) is 8.35. The minimum atomic E-state index is -1.11. The van der Waals surface area contributed by atoms with Crippen LogP contribution in [0, 0.1) is 22.6 Å². The number of carbonyl (C=O) groups is 1. The summed E-state index contributed by atoms with van der Waals surface area (Å²) in [4.78, 5) is 12.3. The van der Waals surface area contributed by atoms with E-state index < -0.39 is 17.2 Å². The van der Waals surface area contributed by atoms with Crippen molar-refractivity contribution in [3.8, 4) is 6.07 Å². The van der Waals surface area contributed by atoms with Crippen LogP contribution < -0.4 is 0 Å². The van der Waals surface area contributed by atoms with Crippen LogP contribution in [0.4, 0.5) is 4.39 Å². The molecule has 0 heterocycles. The van der Waals surface area contributed by atoms with Crippen molar-refractivity contribution in [1.82, 2.24) is 0 Å². The molecule has 1 rings (SSSR count). The van der Waals surface area contributed by atoms with E-state index in [4.69, 9.17) is 16.9 Å². The number of rotatable bonds is 4. The van der Waals surface area contributed by atoms with Gasteiger partial charge in [-0.3, -0.25) is 4.79 Å². The molecule has 0 fully saturated rings.